The summed E-state index contributed by atoms with van der Waals surface area (Å²) in [6.45, 7) is 6.73. The molecular formula is C35H38FN3O4S. The van der Waals surface area contributed by atoms with Gasteiger partial charge in [0.2, 0.25) is 11.8 Å². The molecule has 0 radical (unpaired) electrons. The molecule has 0 aromatic heterocycles. The van der Waals surface area contributed by atoms with E-state index in [1.165, 1.54) is 29.2 Å². The number of sulfonamides is 1. The number of aryl methyl sites for hydroxylation is 1. The molecule has 0 saturated heterocycles. The number of anilines is 1. The average molecular weight is 616 g/mol. The van der Waals surface area contributed by atoms with Crippen molar-refractivity contribution >= 4 is 27.5 Å². The van der Waals surface area contributed by atoms with Crippen molar-refractivity contribution in [2.45, 2.75) is 57.1 Å². The van der Waals surface area contributed by atoms with Crippen LogP contribution in [0.2, 0.25) is 0 Å². The first-order chi connectivity index (χ1) is 20.8. The molecule has 1 unspecified atom stereocenters. The Morgan fingerprint density at radius 1 is 0.795 bits per heavy atom. The standard InChI is InChI=1S/C35H38FN3O4S/c1-26-13-11-12-18-31(26)39(44(42,43)30-16-9-6-10-17-30)25-33(40)38(24-28-19-21-29(36)22-20-28)32(34(41)37-35(2,3)4)23-27-14-7-5-8-15-27/h5-22,32H,23-25H2,1-4H3,(H,37,41). The van der Waals surface area contributed by atoms with Crippen LogP contribution in [-0.2, 0) is 32.6 Å². The van der Waals surface area contributed by atoms with Gasteiger partial charge in [-0.05, 0) is 74.7 Å². The zero-order valence-corrected chi connectivity index (χ0v) is 26.2. The predicted octanol–water partition coefficient (Wildman–Crippen LogP) is 5.88. The van der Waals surface area contributed by atoms with E-state index in [2.05, 4.69) is 5.32 Å². The fourth-order valence-corrected chi connectivity index (χ4v) is 6.37. The highest BCUT2D eigenvalue weighted by Gasteiger charge is 2.35. The summed E-state index contributed by atoms with van der Waals surface area (Å²) in [4.78, 5) is 29.8. The normalized spacial score (nSPS) is 12.3. The van der Waals surface area contributed by atoms with Gasteiger partial charge in [-0.1, -0.05) is 78.9 Å². The highest BCUT2D eigenvalue weighted by molar-refractivity contribution is 7.92. The lowest BCUT2D eigenvalue weighted by Crippen LogP contribution is -2.56. The van der Waals surface area contributed by atoms with Gasteiger partial charge in [-0.2, -0.15) is 0 Å². The number of carbonyl (C=O) groups excluding carboxylic acids is 2. The molecule has 4 rings (SSSR count). The molecule has 0 bridgehead atoms. The summed E-state index contributed by atoms with van der Waals surface area (Å²) >= 11 is 0. The lowest BCUT2D eigenvalue weighted by atomic mass is 10.0. The number of rotatable bonds is 11. The average Bonchev–Trinajstić information content (AvgIpc) is 2.99. The molecule has 0 aliphatic rings. The van der Waals surface area contributed by atoms with Gasteiger partial charge in [-0.15, -0.1) is 0 Å². The van der Waals surface area contributed by atoms with Gasteiger partial charge in [0.1, 0.15) is 18.4 Å². The quantitative estimate of drug-likeness (QED) is 0.228. The van der Waals surface area contributed by atoms with Crippen molar-refractivity contribution in [3.63, 3.8) is 0 Å². The van der Waals surface area contributed by atoms with E-state index in [-0.39, 0.29) is 23.8 Å². The number of hydrogen-bond acceptors (Lipinski definition) is 4. The summed E-state index contributed by atoms with van der Waals surface area (Å²) < 4.78 is 43.0. The Balaban J connectivity index is 1.82. The van der Waals surface area contributed by atoms with E-state index in [1.807, 2.05) is 51.1 Å². The Morgan fingerprint density at radius 3 is 1.95 bits per heavy atom. The molecule has 0 saturated carbocycles. The molecule has 2 amide bonds. The third-order valence-corrected chi connectivity index (χ3v) is 8.80. The molecule has 9 heteroatoms. The second kappa shape index (κ2) is 13.9. The SMILES string of the molecule is Cc1ccccc1N(CC(=O)N(Cc1ccc(F)cc1)C(Cc1ccccc1)C(=O)NC(C)(C)C)S(=O)(=O)c1ccccc1. The van der Waals surface area contributed by atoms with Crippen LogP contribution in [-0.4, -0.2) is 43.3 Å². The van der Waals surface area contributed by atoms with Crippen LogP contribution >= 0.6 is 0 Å². The van der Waals surface area contributed by atoms with Crippen LogP contribution in [0.1, 0.15) is 37.5 Å². The maximum absolute atomic E-state index is 14.5. The van der Waals surface area contributed by atoms with E-state index >= 15 is 0 Å². The van der Waals surface area contributed by atoms with Gasteiger partial charge in [0.15, 0.2) is 0 Å². The number of benzene rings is 4. The summed E-state index contributed by atoms with van der Waals surface area (Å²) in [6, 6.07) is 28.9. The Labute approximate surface area is 259 Å². The van der Waals surface area contributed by atoms with Crippen LogP contribution < -0.4 is 9.62 Å². The number of nitrogens with zero attached hydrogens (tertiary/aromatic N) is 2. The van der Waals surface area contributed by atoms with E-state index in [1.54, 1.807) is 61.5 Å². The summed E-state index contributed by atoms with van der Waals surface area (Å²) in [7, 11) is -4.18. The van der Waals surface area contributed by atoms with Crippen molar-refractivity contribution in [2.24, 2.45) is 0 Å². The zero-order valence-electron chi connectivity index (χ0n) is 25.4. The molecule has 0 aliphatic carbocycles. The van der Waals surface area contributed by atoms with Crippen LogP contribution in [0.25, 0.3) is 0 Å². The molecule has 1 atom stereocenters. The molecule has 44 heavy (non-hydrogen) atoms. The van der Waals surface area contributed by atoms with Gasteiger partial charge in [0.05, 0.1) is 10.6 Å². The highest BCUT2D eigenvalue weighted by atomic mass is 32.2. The molecule has 0 spiro atoms. The first-order valence-corrected chi connectivity index (χ1v) is 15.8. The summed E-state index contributed by atoms with van der Waals surface area (Å²) in [6.07, 6.45) is 0.186. The number of hydrogen-bond donors (Lipinski definition) is 1. The Kier molecular flexibility index (Phi) is 10.2. The zero-order chi connectivity index (χ0) is 31.9. The largest absolute Gasteiger partial charge is 0.350 e. The maximum Gasteiger partial charge on any atom is 0.264 e. The van der Waals surface area contributed by atoms with Gasteiger partial charge in [-0.3, -0.25) is 13.9 Å². The molecule has 4 aromatic carbocycles. The van der Waals surface area contributed by atoms with Gasteiger partial charge in [0, 0.05) is 18.5 Å². The lowest BCUT2D eigenvalue weighted by molar-refractivity contribution is -0.140. The monoisotopic (exact) mass is 615 g/mol. The maximum atomic E-state index is 14.5. The van der Waals surface area contributed by atoms with Crippen molar-refractivity contribution in [3.05, 3.63) is 132 Å². The van der Waals surface area contributed by atoms with Crippen molar-refractivity contribution in [3.8, 4) is 0 Å². The van der Waals surface area contributed by atoms with Gasteiger partial charge in [0.25, 0.3) is 10.0 Å². The Morgan fingerprint density at radius 2 is 1.36 bits per heavy atom. The number of halogens is 1. The molecule has 0 heterocycles. The molecular weight excluding hydrogens is 577 g/mol. The van der Waals surface area contributed by atoms with E-state index in [9.17, 15) is 22.4 Å². The molecule has 0 fully saturated rings. The number of nitrogens with one attached hydrogen (secondary N) is 1. The predicted molar refractivity (Wildman–Crippen MR) is 171 cm³/mol. The second-order valence-electron chi connectivity index (χ2n) is 11.7. The fourth-order valence-electron chi connectivity index (χ4n) is 4.87. The smallest absolute Gasteiger partial charge is 0.264 e. The van der Waals surface area contributed by atoms with Crippen LogP contribution in [0, 0.1) is 12.7 Å². The number of para-hydroxylation sites is 1. The minimum Gasteiger partial charge on any atom is -0.350 e. The molecule has 1 N–H and O–H groups in total. The fraction of sp³-hybridized carbons (Fsp3) is 0.257. The van der Waals surface area contributed by atoms with Crippen LogP contribution in [0.3, 0.4) is 0 Å². The van der Waals surface area contributed by atoms with Crippen LogP contribution in [0.4, 0.5) is 10.1 Å². The number of carbonyl (C=O) groups is 2. The van der Waals surface area contributed by atoms with Crippen molar-refractivity contribution in [1.29, 1.82) is 0 Å². The summed E-state index contributed by atoms with van der Waals surface area (Å²) in [5, 5.41) is 3.00. The lowest BCUT2D eigenvalue weighted by Gasteiger charge is -2.35. The van der Waals surface area contributed by atoms with Gasteiger partial charge in [-0.25, -0.2) is 12.8 Å². The topological polar surface area (TPSA) is 86.8 Å². The van der Waals surface area contributed by atoms with E-state index in [4.69, 9.17) is 0 Å². The van der Waals surface area contributed by atoms with Crippen molar-refractivity contribution < 1.29 is 22.4 Å². The second-order valence-corrected chi connectivity index (χ2v) is 13.6. The van der Waals surface area contributed by atoms with Crippen LogP contribution in [0.15, 0.2) is 114 Å². The minimum absolute atomic E-state index is 0.0347. The Bertz CT molecular complexity index is 1670. The molecule has 230 valence electrons. The highest BCUT2D eigenvalue weighted by Crippen LogP contribution is 2.27. The summed E-state index contributed by atoms with van der Waals surface area (Å²) in [5.74, 6) is -1.40. The molecule has 7 nitrogen and oxygen atoms in total. The van der Waals surface area contributed by atoms with Gasteiger partial charge >= 0.3 is 0 Å². The first-order valence-electron chi connectivity index (χ1n) is 14.4. The first kappa shape index (κ1) is 32.4. The Hall–Kier alpha value is -4.50. The minimum atomic E-state index is -4.18. The van der Waals surface area contributed by atoms with E-state index in [0.717, 1.165) is 9.87 Å². The molecule has 0 aliphatic heterocycles. The van der Waals surface area contributed by atoms with Crippen LogP contribution in [0.5, 0.6) is 0 Å². The van der Waals surface area contributed by atoms with E-state index in [0.29, 0.717) is 16.8 Å². The third kappa shape index (κ3) is 8.32. The summed E-state index contributed by atoms with van der Waals surface area (Å²) in [5.41, 5.74) is 1.84. The third-order valence-electron chi connectivity index (χ3n) is 7.03. The molecule has 4 aromatic rings. The van der Waals surface area contributed by atoms with E-state index < -0.39 is 39.9 Å². The number of amides is 2. The van der Waals surface area contributed by atoms with Crippen molar-refractivity contribution in [2.75, 3.05) is 10.8 Å². The van der Waals surface area contributed by atoms with Gasteiger partial charge < -0.3 is 10.2 Å². The van der Waals surface area contributed by atoms with Crippen molar-refractivity contribution in [1.82, 2.24) is 10.2 Å².